The van der Waals surface area contributed by atoms with E-state index in [0.29, 0.717) is 0 Å². The SMILES string of the molecule is CCC1(C)OB(OC(=O)c2ccccn2)OC1(C)C. The van der Waals surface area contributed by atoms with E-state index >= 15 is 0 Å². The molecule has 0 amide bonds. The summed E-state index contributed by atoms with van der Waals surface area (Å²) >= 11 is 0. The number of carbonyl (C=O) groups is 1. The average Bonchev–Trinajstić information content (AvgIpc) is 2.60. The van der Waals surface area contributed by atoms with Crippen LogP contribution in [0.25, 0.3) is 0 Å². The molecule has 1 aliphatic rings. The summed E-state index contributed by atoms with van der Waals surface area (Å²) in [5.41, 5.74) is -0.767. The van der Waals surface area contributed by atoms with Gasteiger partial charge in [0, 0.05) is 6.20 Å². The van der Waals surface area contributed by atoms with Crippen LogP contribution in [0.5, 0.6) is 0 Å². The zero-order valence-electron chi connectivity index (χ0n) is 11.7. The first-order valence-corrected chi connectivity index (χ1v) is 6.35. The van der Waals surface area contributed by atoms with Crippen molar-refractivity contribution in [2.45, 2.75) is 45.3 Å². The molecule has 1 atom stereocenters. The number of rotatable bonds is 3. The standard InChI is InChI=1S/C13H18BNO4/c1-5-13(4)12(2,3)18-14(19-13)17-11(16)10-8-6-7-9-15-10/h6-9H,5H2,1-4H3. The third-order valence-electron chi connectivity index (χ3n) is 3.77. The molecule has 0 N–H and O–H groups in total. The highest BCUT2D eigenvalue weighted by atomic mass is 16.8. The summed E-state index contributed by atoms with van der Waals surface area (Å²) in [5, 5.41) is 0. The van der Waals surface area contributed by atoms with Crippen LogP contribution in [0.4, 0.5) is 0 Å². The molecule has 2 heterocycles. The van der Waals surface area contributed by atoms with Crippen molar-refractivity contribution in [1.29, 1.82) is 0 Å². The smallest absolute Gasteiger partial charge is 0.480 e. The maximum atomic E-state index is 11.9. The summed E-state index contributed by atoms with van der Waals surface area (Å²) in [5.74, 6) is -0.554. The van der Waals surface area contributed by atoms with Gasteiger partial charge in [-0.1, -0.05) is 13.0 Å². The third kappa shape index (κ3) is 2.64. The van der Waals surface area contributed by atoms with Gasteiger partial charge in [0.2, 0.25) is 0 Å². The Morgan fingerprint density at radius 2 is 2.11 bits per heavy atom. The van der Waals surface area contributed by atoms with Crippen LogP contribution in [0, 0.1) is 0 Å². The molecule has 5 nitrogen and oxygen atoms in total. The summed E-state index contributed by atoms with van der Waals surface area (Å²) < 4.78 is 16.6. The van der Waals surface area contributed by atoms with E-state index in [-0.39, 0.29) is 5.69 Å². The second-order valence-corrected chi connectivity index (χ2v) is 5.24. The molecule has 19 heavy (non-hydrogen) atoms. The lowest BCUT2D eigenvalue weighted by molar-refractivity contribution is -0.0119. The molecule has 1 fully saturated rings. The van der Waals surface area contributed by atoms with Crippen molar-refractivity contribution in [2.24, 2.45) is 0 Å². The van der Waals surface area contributed by atoms with Crippen molar-refractivity contribution >= 4 is 13.3 Å². The lowest BCUT2D eigenvalue weighted by atomic mass is 9.86. The number of hydrogen-bond donors (Lipinski definition) is 0. The fourth-order valence-electron chi connectivity index (χ4n) is 1.93. The molecule has 6 heteroatoms. The molecule has 1 aliphatic heterocycles. The minimum Gasteiger partial charge on any atom is -0.480 e. The van der Waals surface area contributed by atoms with Gasteiger partial charge in [0.25, 0.3) is 0 Å². The molecule has 0 saturated carbocycles. The monoisotopic (exact) mass is 263 g/mol. The van der Waals surface area contributed by atoms with E-state index in [1.165, 1.54) is 6.20 Å². The van der Waals surface area contributed by atoms with Gasteiger partial charge in [0.1, 0.15) is 5.69 Å². The van der Waals surface area contributed by atoms with Gasteiger partial charge in [-0.15, -0.1) is 0 Å². The van der Waals surface area contributed by atoms with Crippen LogP contribution in [0.2, 0.25) is 0 Å². The van der Waals surface area contributed by atoms with Gasteiger partial charge in [0.05, 0.1) is 11.2 Å². The topological polar surface area (TPSA) is 57.7 Å². The summed E-state index contributed by atoms with van der Waals surface area (Å²) in [6.45, 7) is 7.80. The van der Waals surface area contributed by atoms with E-state index < -0.39 is 24.5 Å². The molecule has 1 saturated heterocycles. The Bertz CT molecular complexity index is 465. The normalized spacial score (nSPS) is 25.4. The number of carbonyl (C=O) groups excluding carboxylic acids is 1. The van der Waals surface area contributed by atoms with Crippen LogP contribution in [0.15, 0.2) is 24.4 Å². The van der Waals surface area contributed by atoms with Gasteiger partial charge in [-0.2, -0.15) is 0 Å². The molecule has 1 aromatic heterocycles. The number of hydrogen-bond acceptors (Lipinski definition) is 5. The van der Waals surface area contributed by atoms with Crippen molar-refractivity contribution in [3.63, 3.8) is 0 Å². The van der Waals surface area contributed by atoms with E-state index in [1.807, 2.05) is 27.7 Å². The fourth-order valence-corrected chi connectivity index (χ4v) is 1.93. The minimum atomic E-state index is -0.991. The number of nitrogens with zero attached hydrogens (tertiary/aromatic N) is 1. The summed E-state index contributed by atoms with van der Waals surface area (Å²) in [6.07, 6.45) is 2.30. The summed E-state index contributed by atoms with van der Waals surface area (Å²) in [7, 11) is -0.991. The molecule has 0 spiro atoms. The molecular weight excluding hydrogens is 245 g/mol. The Morgan fingerprint density at radius 3 is 2.63 bits per heavy atom. The van der Waals surface area contributed by atoms with Gasteiger partial charge >= 0.3 is 13.3 Å². The van der Waals surface area contributed by atoms with E-state index in [0.717, 1.165) is 6.42 Å². The molecule has 0 bridgehead atoms. The largest absolute Gasteiger partial charge is 0.716 e. The van der Waals surface area contributed by atoms with Gasteiger partial charge in [-0.05, 0) is 39.3 Å². The van der Waals surface area contributed by atoms with Crippen molar-refractivity contribution in [1.82, 2.24) is 4.98 Å². The first-order valence-electron chi connectivity index (χ1n) is 6.35. The molecule has 1 aromatic rings. The van der Waals surface area contributed by atoms with Gasteiger partial charge < -0.3 is 14.0 Å². The second-order valence-electron chi connectivity index (χ2n) is 5.24. The average molecular weight is 263 g/mol. The predicted octanol–water partition coefficient (Wildman–Crippen LogP) is 2.22. The Kier molecular flexibility index (Phi) is 3.65. The van der Waals surface area contributed by atoms with Crippen LogP contribution in [-0.2, 0) is 14.0 Å². The highest BCUT2D eigenvalue weighted by Gasteiger charge is 2.56. The van der Waals surface area contributed by atoms with Crippen LogP contribution < -0.4 is 0 Å². The van der Waals surface area contributed by atoms with Crippen molar-refractivity contribution in [3.8, 4) is 0 Å². The van der Waals surface area contributed by atoms with E-state index in [2.05, 4.69) is 4.98 Å². The molecule has 0 aliphatic carbocycles. The molecule has 1 unspecified atom stereocenters. The Labute approximate surface area is 113 Å². The minimum absolute atomic E-state index is 0.234. The molecule has 102 valence electrons. The number of pyridine rings is 1. The van der Waals surface area contributed by atoms with Crippen LogP contribution in [-0.4, -0.2) is 29.5 Å². The first-order chi connectivity index (χ1) is 8.88. The molecule has 0 radical (unpaired) electrons. The maximum Gasteiger partial charge on any atom is 0.716 e. The van der Waals surface area contributed by atoms with E-state index in [1.54, 1.807) is 18.2 Å². The fraction of sp³-hybridized carbons (Fsp3) is 0.538. The lowest BCUT2D eigenvalue weighted by Gasteiger charge is -2.34. The zero-order chi connectivity index (χ0) is 14.1. The van der Waals surface area contributed by atoms with Crippen molar-refractivity contribution in [2.75, 3.05) is 0 Å². The van der Waals surface area contributed by atoms with Crippen molar-refractivity contribution < 1.29 is 18.8 Å². The van der Waals surface area contributed by atoms with Gasteiger partial charge in [-0.3, -0.25) is 0 Å². The van der Waals surface area contributed by atoms with Gasteiger partial charge in [0.15, 0.2) is 0 Å². The van der Waals surface area contributed by atoms with Crippen LogP contribution >= 0.6 is 0 Å². The third-order valence-corrected chi connectivity index (χ3v) is 3.77. The molecule has 2 rings (SSSR count). The van der Waals surface area contributed by atoms with Crippen molar-refractivity contribution in [3.05, 3.63) is 30.1 Å². The summed E-state index contributed by atoms with van der Waals surface area (Å²) in [6, 6.07) is 5.04. The van der Waals surface area contributed by atoms with E-state index in [9.17, 15) is 4.79 Å². The maximum absolute atomic E-state index is 11.9. The Hall–Kier alpha value is -1.40. The lowest BCUT2D eigenvalue weighted by Crippen LogP contribution is -2.44. The highest BCUT2D eigenvalue weighted by molar-refractivity contribution is 6.41. The Balaban J connectivity index is 2.05. The summed E-state index contributed by atoms with van der Waals surface area (Å²) in [4.78, 5) is 15.8. The molecular formula is C13H18BNO4. The predicted molar refractivity (Wildman–Crippen MR) is 70.4 cm³/mol. The van der Waals surface area contributed by atoms with E-state index in [4.69, 9.17) is 14.0 Å². The second kappa shape index (κ2) is 4.94. The quantitative estimate of drug-likeness (QED) is 0.782. The van der Waals surface area contributed by atoms with Crippen LogP contribution in [0.1, 0.15) is 44.6 Å². The molecule has 0 aromatic carbocycles. The zero-order valence-corrected chi connectivity index (χ0v) is 11.7. The van der Waals surface area contributed by atoms with Crippen LogP contribution in [0.3, 0.4) is 0 Å². The number of aromatic nitrogens is 1. The Morgan fingerprint density at radius 1 is 1.37 bits per heavy atom. The first kappa shape index (κ1) is 14.0. The highest BCUT2D eigenvalue weighted by Crippen LogP contribution is 2.39. The van der Waals surface area contributed by atoms with Gasteiger partial charge in [-0.25, -0.2) is 9.78 Å².